The third-order valence-corrected chi connectivity index (χ3v) is 5.34. The fourth-order valence-electron chi connectivity index (χ4n) is 3.74. The molecule has 2 fully saturated rings. The van der Waals surface area contributed by atoms with Gasteiger partial charge in [0.05, 0.1) is 11.9 Å². The number of aromatic carboxylic acids is 1. The smallest absolute Gasteiger partial charge is 0.341 e. The lowest BCUT2D eigenvalue weighted by molar-refractivity contribution is 0.0695. The number of nitrogens with two attached hydrogens (primary N) is 1. The maximum atomic E-state index is 15.0. The van der Waals surface area contributed by atoms with E-state index in [-0.39, 0.29) is 35.0 Å². The molecule has 1 saturated heterocycles. The van der Waals surface area contributed by atoms with Crippen molar-refractivity contribution in [2.45, 2.75) is 25.3 Å². The molecule has 0 bridgehead atoms. The van der Waals surface area contributed by atoms with Gasteiger partial charge in [-0.1, -0.05) is 11.2 Å². The van der Waals surface area contributed by atoms with Crippen molar-refractivity contribution in [3.05, 3.63) is 45.5 Å². The minimum absolute atomic E-state index is 0.0328. The van der Waals surface area contributed by atoms with E-state index in [1.807, 2.05) is 6.08 Å². The fraction of sp³-hybridized carbons (Fsp3) is 0.400. The second-order valence-corrected chi connectivity index (χ2v) is 7.34. The fourth-order valence-corrected chi connectivity index (χ4v) is 3.74. The number of fused-ring (bicyclic) bond motifs is 1. The maximum absolute atomic E-state index is 15.0. The second-order valence-electron chi connectivity index (χ2n) is 7.34. The molecule has 3 heterocycles. The highest BCUT2D eigenvalue weighted by atomic mass is 19.1. The largest absolute Gasteiger partial charge is 0.477 e. The molecule has 2 aliphatic rings. The van der Waals surface area contributed by atoms with Crippen LogP contribution < -0.4 is 16.1 Å². The predicted molar refractivity (Wildman–Crippen MR) is 110 cm³/mol. The van der Waals surface area contributed by atoms with E-state index in [1.165, 1.54) is 13.3 Å². The van der Waals surface area contributed by atoms with E-state index in [2.05, 4.69) is 10.1 Å². The van der Waals surface area contributed by atoms with Crippen LogP contribution in [0.15, 0.2) is 33.9 Å². The van der Waals surface area contributed by atoms with Crippen LogP contribution in [0.5, 0.6) is 0 Å². The number of carboxylic acids is 1. The van der Waals surface area contributed by atoms with E-state index in [1.54, 1.807) is 9.47 Å². The number of carboxylic acid groups (broad SMARTS) is 1. The van der Waals surface area contributed by atoms with Crippen molar-refractivity contribution in [1.29, 1.82) is 0 Å². The number of anilines is 1. The Hall–Kier alpha value is -3.27. The van der Waals surface area contributed by atoms with E-state index in [4.69, 9.17) is 10.6 Å². The molecular formula is C20H22FN5O4. The van der Waals surface area contributed by atoms with Crippen molar-refractivity contribution < 1.29 is 19.1 Å². The van der Waals surface area contributed by atoms with Crippen LogP contribution in [0.3, 0.4) is 0 Å². The summed E-state index contributed by atoms with van der Waals surface area (Å²) in [6, 6.07) is 1.15. The minimum Gasteiger partial charge on any atom is -0.477 e. The number of carbonyl (C=O) groups is 1. The van der Waals surface area contributed by atoms with Crippen LogP contribution in [-0.4, -0.2) is 53.1 Å². The second kappa shape index (κ2) is 7.86. The van der Waals surface area contributed by atoms with Crippen molar-refractivity contribution in [2.75, 3.05) is 31.6 Å². The molecule has 0 unspecified atom stereocenters. The van der Waals surface area contributed by atoms with Crippen LogP contribution in [0.25, 0.3) is 11.0 Å². The Morgan fingerprint density at radius 1 is 1.50 bits per heavy atom. The molecule has 2 aromatic rings. The Morgan fingerprint density at radius 3 is 2.90 bits per heavy atom. The molecule has 9 nitrogen and oxygen atoms in total. The lowest BCUT2D eigenvalue weighted by Crippen LogP contribution is -2.38. The Balaban J connectivity index is 1.82. The zero-order valence-corrected chi connectivity index (χ0v) is 16.5. The van der Waals surface area contributed by atoms with Gasteiger partial charge in [-0.3, -0.25) is 4.79 Å². The molecule has 1 aliphatic carbocycles. The van der Waals surface area contributed by atoms with Crippen molar-refractivity contribution in [3.8, 4) is 0 Å². The lowest BCUT2D eigenvalue weighted by Gasteiger charge is -2.30. The van der Waals surface area contributed by atoms with Gasteiger partial charge in [-0.05, 0) is 30.9 Å². The number of oxime groups is 1. The lowest BCUT2D eigenvalue weighted by atomic mass is 10.0. The number of halogens is 1. The van der Waals surface area contributed by atoms with Crippen LogP contribution in [0.2, 0.25) is 0 Å². The Bertz CT molecular complexity index is 1140. The summed E-state index contributed by atoms with van der Waals surface area (Å²) >= 11 is 0. The van der Waals surface area contributed by atoms with Crippen LogP contribution >= 0.6 is 0 Å². The summed E-state index contributed by atoms with van der Waals surface area (Å²) in [6.07, 6.45) is 5.47. The van der Waals surface area contributed by atoms with Crippen LogP contribution in [0.4, 0.5) is 10.2 Å². The SMILES string of the molecule is CO/N=C1\CN(c2nc3c(cc2F)c(=O)c(C(=O)O)cn3C2CC2)CC\C1=C\CN. The number of rotatable bonds is 5. The molecule has 2 aromatic heterocycles. The molecule has 30 heavy (non-hydrogen) atoms. The number of nitrogens with zero attached hydrogens (tertiary/aromatic N) is 4. The van der Waals surface area contributed by atoms with E-state index >= 15 is 4.39 Å². The maximum Gasteiger partial charge on any atom is 0.341 e. The first-order chi connectivity index (χ1) is 14.4. The molecule has 0 aromatic carbocycles. The molecule has 0 amide bonds. The van der Waals surface area contributed by atoms with E-state index in [0.29, 0.717) is 25.2 Å². The summed E-state index contributed by atoms with van der Waals surface area (Å²) in [5.41, 5.74) is 6.37. The van der Waals surface area contributed by atoms with Gasteiger partial charge in [0, 0.05) is 25.3 Å². The average molecular weight is 415 g/mol. The van der Waals surface area contributed by atoms with Crippen molar-refractivity contribution >= 4 is 28.5 Å². The number of piperidine rings is 1. The topological polar surface area (TPSA) is 123 Å². The third kappa shape index (κ3) is 3.54. The van der Waals surface area contributed by atoms with E-state index < -0.39 is 17.2 Å². The van der Waals surface area contributed by atoms with E-state index in [9.17, 15) is 14.7 Å². The van der Waals surface area contributed by atoms with Crippen molar-refractivity contribution in [3.63, 3.8) is 0 Å². The Kier molecular flexibility index (Phi) is 5.25. The number of hydrogen-bond donors (Lipinski definition) is 2. The number of hydrogen-bond acceptors (Lipinski definition) is 7. The quantitative estimate of drug-likeness (QED) is 0.712. The highest BCUT2D eigenvalue weighted by molar-refractivity contribution is 6.04. The third-order valence-electron chi connectivity index (χ3n) is 5.34. The Morgan fingerprint density at radius 2 is 2.27 bits per heavy atom. The summed E-state index contributed by atoms with van der Waals surface area (Å²) in [5.74, 6) is -1.93. The molecule has 3 N–H and O–H groups in total. The van der Waals surface area contributed by atoms with E-state index in [0.717, 1.165) is 24.5 Å². The molecule has 0 atom stereocenters. The number of pyridine rings is 2. The van der Waals surface area contributed by atoms with Crippen molar-refractivity contribution in [2.24, 2.45) is 10.9 Å². The molecule has 0 radical (unpaired) electrons. The van der Waals surface area contributed by atoms with Crippen LogP contribution in [-0.2, 0) is 4.84 Å². The summed E-state index contributed by atoms with van der Waals surface area (Å²) in [4.78, 5) is 35.2. The van der Waals surface area contributed by atoms with Gasteiger partial charge in [-0.15, -0.1) is 0 Å². The molecule has 4 rings (SSSR count). The molecular weight excluding hydrogens is 393 g/mol. The van der Waals surface area contributed by atoms with Gasteiger partial charge in [0.15, 0.2) is 11.6 Å². The van der Waals surface area contributed by atoms with Gasteiger partial charge in [-0.25, -0.2) is 14.2 Å². The van der Waals surface area contributed by atoms with Gasteiger partial charge < -0.3 is 25.1 Å². The summed E-state index contributed by atoms with van der Waals surface area (Å²) < 4.78 is 16.7. The van der Waals surface area contributed by atoms with Crippen LogP contribution in [0, 0.1) is 5.82 Å². The summed E-state index contributed by atoms with van der Waals surface area (Å²) in [7, 11) is 1.44. The first-order valence-corrected chi connectivity index (χ1v) is 9.67. The zero-order valence-electron chi connectivity index (χ0n) is 16.5. The first kappa shape index (κ1) is 20.0. The summed E-state index contributed by atoms with van der Waals surface area (Å²) in [5, 5.41) is 13.4. The normalized spacial score (nSPS) is 19.6. The summed E-state index contributed by atoms with van der Waals surface area (Å²) in [6.45, 7) is 1.13. The van der Waals surface area contributed by atoms with Gasteiger partial charge in [0.2, 0.25) is 5.43 Å². The average Bonchev–Trinajstić information content (AvgIpc) is 3.55. The standard InChI is InChI=1S/C20H22FN5O4/c1-30-24-16-10-25(7-5-11(16)4-6-22)19-15(21)8-13-17(27)14(20(28)29)9-26(12-2-3-12)18(13)23-19/h4,8-9,12H,2-3,5-7,10,22H2,1H3,(H,28,29)/b11-4-,24-16+. The van der Waals surface area contributed by atoms with Crippen molar-refractivity contribution in [1.82, 2.24) is 9.55 Å². The van der Waals surface area contributed by atoms with Gasteiger partial charge in [0.1, 0.15) is 24.0 Å². The molecule has 158 valence electrons. The number of aromatic nitrogens is 2. The first-order valence-electron chi connectivity index (χ1n) is 9.67. The zero-order chi connectivity index (χ0) is 21.4. The highest BCUT2D eigenvalue weighted by Crippen LogP contribution is 2.37. The minimum atomic E-state index is -1.34. The molecule has 1 aliphatic heterocycles. The van der Waals surface area contributed by atoms with Gasteiger partial charge in [0.25, 0.3) is 0 Å². The van der Waals surface area contributed by atoms with Gasteiger partial charge in [-0.2, -0.15) is 0 Å². The van der Waals surface area contributed by atoms with Gasteiger partial charge >= 0.3 is 5.97 Å². The Labute approximate surface area is 171 Å². The molecule has 1 saturated carbocycles. The molecule has 10 heteroatoms. The van der Waals surface area contributed by atoms with Crippen LogP contribution in [0.1, 0.15) is 35.7 Å². The highest BCUT2D eigenvalue weighted by Gasteiger charge is 2.30. The molecule has 0 spiro atoms. The monoisotopic (exact) mass is 415 g/mol. The predicted octanol–water partition coefficient (Wildman–Crippen LogP) is 1.67.